The van der Waals surface area contributed by atoms with Crippen LogP contribution in [0.4, 0.5) is 26.3 Å². The summed E-state index contributed by atoms with van der Waals surface area (Å²) in [5.41, 5.74) is 1.16. The molecule has 0 N–H and O–H groups in total. The number of benzene rings is 2. The van der Waals surface area contributed by atoms with Gasteiger partial charge in [0, 0.05) is 0 Å². The van der Waals surface area contributed by atoms with Crippen molar-refractivity contribution < 1.29 is 45.1 Å². The van der Waals surface area contributed by atoms with Gasteiger partial charge in [0.25, 0.3) is 0 Å². The number of ether oxygens (including phenoxy) is 2. The molecule has 0 bridgehead atoms. The summed E-state index contributed by atoms with van der Waals surface area (Å²) in [4.78, 5) is 0. The van der Waals surface area contributed by atoms with Crippen LogP contribution < -0.4 is 18.8 Å². The van der Waals surface area contributed by atoms with Gasteiger partial charge in [0.1, 0.15) is 11.5 Å². The third kappa shape index (κ3) is 6.84. The van der Waals surface area contributed by atoms with Crippen LogP contribution in [0.25, 0.3) is 0 Å². The molecule has 0 saturated heterocycles. The van der Waals surface area contributed by atoms with E-state index in [4.69, 9.17) is 9.31 Å². The van der Waals surface area contributed by atoms with E-state index < -0.39 is 31.9 Å². The average molecular weight is 394 g/mol. The summed E-state index contributed by atoms with van der Waals surface area (Å²) in [5.74, 6) is -1.77. The first-order chi connectivity index (χ1) is 12.4. The topological polar surface area (TPSA) is 36.9 Å². The first-order valence-corrected chi connectivity index (χ1v) is 7.41. The van der Waals surface area contributed by atoms with Gasteiger partial charge in [0.15, 0.2) is 11.5 Å². The molecule has 0 aliphatic rings. The number of aryl methyl sites for hydroxylation is 2. The van der Waals surface area contributed by atoms with Gasteiger partial charge in [-0.05, 0) is 49.2 Å². The fraction of sp³-hybridized carbons (Fsp3) is 0.250. The van der Waals surface area contributed by atoms with Gasteiger partial charge in [-0.25, -0.2) is 0 Å². The fourth-order valence-electron chi connectivity index (χ4n) is 2.03. The summed E-state index contributed by atoms with van der Waals surface area (Å²) >= 11 is 0. The second kappa shape index (κ2) is 7.89. The summed E-state index contributed by atoms with van der Waals surface area (Å²) in [5, 5.41) is 0. The zero-order valence-electron chi connectivity index (χ0n) is 14.1. The minimum absolute atomic E-state index is 0.279. The van der Waals surface area contributed by atoms with Crippen molar-refractivity contribution >= 4 is 7.69 Å². The van der Waals surface area contributed by atoms with Gasteiger partial charge in [-0.3, -0.25) is 0 Å². The van der Waals surface area contributed by atoms with Crippen LogP contribution in [0.5, 0.6) is 23.0 Å². The van der Waals surface area contributed by atoms with E-state index in [9.17, 15) is 26.3 Å². The molecule has 0 amide bonds. The van der Waals surface area contributed by atoms with Crippen molar-refractivity contribution in [2.45, 2.75) is 26.6 Å². The molecule has 0 aliphatic heterocycles. The molecule has 0 spiro atoms. The molecule has 0 saturated carbocycles. The highest BCUT2D eigenvalue weighted by molar-refractivity contribution is 6.21. The summed E-state index contributed by atoms with van der Waals surface area (Å²) in [6.45, 7) is 3.22. The zero-order chi connectivity index (χ0) is 20.2. The van der Waals surface area contributed by atoms with Gasteiger partial charge < -0.3 is 18.8 Å². The van der Waals surface area contributed by atoms with Crippen molar-refractivity contribution in [2.75, 3.05) is 0 Å². The minimum Gasteiger partial charge on any atom is -0.526 e. The highest BCUT2D eigenvalue weighted by atomic mass is 19.4. The Hall–Kier alpha value is -2.72. The highest BCUT2D eigenvalue weighted by Crippen LogP contribution is 2.35. The monoisotopic (exact) mass is 394 g/mol. The smallest absolute Gasteiger partial charge is 0.526 e. The van der Waals surface area contributed by atoms with E-state index in [0.717, 1.165) is 12.1 Å². The molecule has 2 aromatic carbocycles. The largest absolute Gasteiger partial charge is 0.576 e. The molecule has 4 nitrogen and oxygen atoms in total. The van der Waals surface area contributed by atoms with Crippen LogP contribution in [-0.4, -0.2) is 20.4 Å². The fourth-order valence-corrected chi connectivity index (χ4v) is 2.03. The van der Waals surface area contributed by atoms with Crippen molar-refractivity contribution in [1.82, 2.24) is 0 Å². The first-order valence-electron chi connectivity index (χ1n) is 7.41. The minimum atomic E-state index is -4.93. The lowest BCUT2D eigenvalue weighted by atomic mass is 10.2. The van der Waals surface area contributed by atoms with E-state index in [1.807, 2.05) is 0 Å². The number of halogens is 6. The molecule has 0 atom stereocenters. The van der Waals surface area contributed by atoms with Crippen molar-refractivity contribution in [1.29, 1.82) is 0 Å². The zero-order valence-corrected chi connectivity index (χ0v) is 14.1. The normalized spacial score (nSPS) is 11.7. The third-order valence-corrected chi connectivity index (χ3v) is 3.08. The second-order valence-electron chi connectivity index (χ2n) is 5.40. The van der Waals surface area contributed by atoms with Gasteiger partial charge in [-0.1, -0.05) is 12.1 Å². The Morgan fingerprint density at radius 2 is 1.00 bits per heavy atom. The van der Waals surface area contributed by atoms with E-state index in [0.29, 0.717) is 11.1 Å². The summed E-state index contributed by atoms with van der Waals surface area (Å²) in [6.07, 6.45) is -9.86. The number of hydrogen-bond acceptors (Lipinski definition) is 4. The lowest BCUT2D eigenvalue weighted by molar-refractivity contribution is -0.275. The van der Waals surface area contributed by atoms with Crippen LogP contribution >= 0.6 is 0 Å². The Morgan fingerprint density at radius 3 is 1.33 bits per heavy atom. The van der Waals surface area contributed by atoms with E-state index in [2.05, 4.69) is 9.47 Å². The molecule has 0 fully saturated rings. The predicted octanol–water partition coefficient (Wildman–Crippen LogP) is 4.82. The Kier molecular flexibility index (Phi) is 6.02. The lowest BCUT2D eigenvalue weighted by Crippen LogP contribution is -2.20. The number of hydrogen-bond donors (Lipinski definition) is 0. The molecule has 27 heavy (non-hydrogen) atoms. The van der Waals surface area contributed by atoms with E-state index in [1.165, 1.54) is 24.3 Å². The summed E-state index contributed by atoms with van der Waals surface area (Å²) in [7, 11) is -0.671. The Morgan fingerprint density at radius 1 is 0.630 bits per heavy atom. The maximum Gasteiger partial charge on any atom is 0.576 e. The lowest BCUT2D eigenvalue weighted by Gasteiger charge is -2.16. The van der Waals surface area contributed by atoms with Crippen molar-refractivity contribution in [3.63, 3.8) is 0 Å². The molecule has 2 aromatic rings. The van der Waals surface area contributed by atoms with E-state index in [-0.39, 0.29) is 11.5 Å². The third-order valence-electron chi connectivity index (χ3n) is 3.08. The highest BCUT2D eigenvalue weighted by Gasteiger charge is 2.33. The van der Waals surface area contributed by atoms with Crippen LogP contribution in [0, 0.1) is 13.8 Å². The van der Waals surface area contributed by atoms with Gasteiger partial charge in [0.05, 0.1) is 0 Å². The van der Waals surface area contributed by atoms with Crippen LogP contribution in [0.3, 0.4) is 0 Å². The maximum atomic E-state index is 12.4. The average Bonchev–Trinajstić information content (AvgIpc) is 2.50. The molecule has 0 aliphatic carbocycles. The van der Waals surface area contributed by atoms with Gasteiger partial charge in [-0.15, -0.1) is 26.3 Å². The van der Waals surface area contributed by atoms with Crippen LogP contribution in [0.2, 0.25) is 0 Å². The Labute approximate surface area is 150 Å². The van der Waals surface area contributed by atoms with E-state index in [1.54, 1.807) is 13.8 Å². The molecular formula is C16H13BF6O4. The molecule has 0 unspecified atom stereocenters. The van der Waals surface area contributed by atoms with Crippen molar-refractivity contribution in [3.05, 3.63) is 47.5 Å². The Balaban J connectivity index is 2.13. The van der Waals surface area contributed by atoms with Gasteiger partial charge in [-0.2, -0.15) is 0 Å². The molecule has 146 valence electrons. The molecule has 0 heterocycles. The SMILES string of the molecule is Cc1ccc(OC(F)(F)F)c(OBOc2cc(C)ccc2OC(F)(F)F)c1. The molecule has 0 radical (unpaired) electrons. The summed E-state index contributed by atoms with van der Waals surface area (Å²) in [6, 6.07) is 7.42. The van der Waals surface area contributed by atoms with Crippen LogP contribution in [-0.2, 0) is 0 Å². The number of alkyl halides is 6. The second-order valence-corrected chi connectivity index (χ2v) is 5.40. The molecule has 2 rings (SSSR count). The van der Waals surface area contributed by atoms with E-state index >= 15 is 0 Å². The maximum absolute atomic E-state index is 12.4. The predicted molar refractivity (Wildman–Crippen MR) is 84.1 cm³/mol. The Bertz CT molecular complexity index is 726. The molecular weight excluding hydrogens is 381 g/mol. The molecule has 0 aromatic heterocycles. The van der Waals surface area contributed by atoms with Gasteiger partial charge >= 0.3 is 20.4 Å². The molecule has 11 heteroatoms. The van der Waals surface area contributed by atoms with Gasteiger partial charge in [0.2, 0.25) is 0 Å². The summed E-state index contributed by atoms with van der Waals surface area (Å²) < 4.78 is 92.5. The van der Waals surface area contributed by atoms with Crippen LogP contribution in [0.1, 0.15) is 11.1 Å². The number of rotatable bonds is 6. The van der Waals surface area contributed by atoms with Crippen molar-refractivity contribution in [2.24, 2.45) is 0 Å². The standard InChI is InChI=1S/C16H13BF6O4/c1-9-3-5-11(24-15(18,19)20)13(7-9)26-17-27-14-8-10(2)4-6-12(14)25-16(21,22)23/h3-8,17H,1-2H3. The van der Waals surface area contributed by atoms with Crippen molar-refractivity contribution in [3.8, 4) is 23.0 Å². The first kappa shape index (κ1) is 20.6. The quantitative estimate of drug-likeness (QED) is 0.520. The van der Waals surface area contributed by atoms with Crippen LogP contribution in [0.15, 0.2) is 36.4 Å².